The van der Waals surface area contributed by atoms with Crippen LogP contribution in [0, 0.1) is 0 Å². The fourth-order valence-corrected chi connectivity index (χ4v) is 5.09. The molecule has 0 unspecified atom stereocenters. The van der Waals surface area contributed by atoms with E-state index in [0.29, 0.717) is 27.8 Å². The van der Waals surface area contributed by atoms with E-state index in [1.54, 1.807) is 10.6 Å². The Balaban J connectivity index is 1.82. The predicted octanol–water partition coefficient (Wildman–Crippen LogP) is 2.71. The van der Waals surface area contributed by atoms with Gasteiger partial charge < -0.3 is 9.47 Å². The second kappa shape index (κ2) is 8.25. The van der Waals surface area contributed by atoms with Crippen LogP contribution in [0.3, 0.4) is 0 Å². The largest absolute Gasteiger partial charge is 0.493 e. The maximum atomic E-state index is 13.0. The Kier molecular flexibility index (Phi) is 5.65. The van der Waals surface area contributed by atoms with Gasteiger partial charge in [0.15, 0.2) is 17.3 Å². The van der Waals surface area contributed by atoms with Crippen molar-refractivity contribution in [2.24, 2.45) is 0 Å². The molecule has 2 aromatic carbocycles. The molecule has 0 bridgehead atoms. The summed E-state index contributed by atoms with van der Waals surface area (Å²) in [5.41, 5.74) is 1.49. The van der Waals surface area contributed by atoms with Crippen LogP contribution in [-0.4, -0.2) is 60.8 Å². The van der Waals surface area contributed by atoms with Crippen molar-refractivity contribution in [1.82, 2.24) is 24.1 Å². The normalized spacial score (nSPS) is 11.9. The van der Waals surface area contributed by atoms with Gasteiger partial charge in [-0.1, -0.05) is 41.7 Å². The number of methoxy groups -OCH3 is 2. The maximum Gasteiger partial charge on any atom is 0.242 e. The van der Waals surface area contributed by atoms with Crippen LogP contribution in [0.2, 0.25) is 0 Å². The SMILES string of the molecule is COc1cc(Cc2nnc3sc(-c4ccccc4)nn23)c(S(=O)(=O)N(C)C)cc1OC. The molecule has 11 heteroatoms. The number of hydrogen-bond donors (Lipinski definition) is 0. The fourth-order valence-electron chi connectivity index (χ4n) is 3.11. The zero-order valence-electron chi connectivity index (χ0n) is 17.4. The smallest absolute Gasteiger partial charge is 0.242 e. The summed E-state index contributed by atoms with van der Waals surface area (Å²) in [5.74, 6) is 1.29. The van der Waals surface area contributed by atoms with Gasteiger partial charge >= 0.3 is 0 Å². The lowest BCUT2D eigenvalue weighted by Crippen LogP contribution is -2.23. The molecule has 0 amide bonds. The van der Waals surface area contributed by atoms with E-state index in [-0.39, 0.29) is 11.3 Å². The molecule has 162 valence electrons. The minimum absolute atomic E-state index is 0.116. The lowest BCUT2D eigenvalue weighted by molar-refractivity contribution is 0.353. The summed E-state index contributed by atoms with van der Waals surface area (Å²) in [5, 5.41) is 13.9. The summed E-state index contributed by atoms with van der Waals surface area (Å²) >= 11 is 1.42. The Morgan fingerprint density at radius 1 is 1.03 bits per heavy atom. The summed E-state index contributed by atoms with van der Waals surface area (Å²) in [4.78, 5) is 0.747. The molecule has 0 spiro atoms. The Hall–Kier alpha value is -3.02. The summed E-state index contributed by atoms with van der Waals surface area (Å²) in [6, 6.07) is 12.9. The van der Waals surface area contributed by atoms with E-state index in [1.807, 2.05) is 30.3 Å². The Morgan fingerprint density at radius 2 is 1.71 bits per heavy atom. The molecule has 2 aromatic heterocycles. The van der Waals surface area contributed by atoms with E-state index >= 15 is 0 Å². The Bertz CT molecular complexity index is 1330. The maximum absolute atomic E-state index is 13.0. The van der Waals surface area contributed by atoms with Crippen molar-refractivity contribution in [3.8, 4) is 22.1 Å². The number of fused-ring (bicyclic) bond motifs is 1. The highest BCUT2D eigenvalue weighted by molar-refractivity contribution is 7.89. The highest BCUT2D eigenvalue weighted by Gasteiger charge is 2.26. The van der Waals surface area contributed by atoms with Gasteiger partial charge in [-0.15, -0.1) is 10.2 Å². The van der Waals surface area contributed by atoms with E-state index in [0.717, 1.165) is 14.9 Å². The summed E-state index contributed by atoms with van der Waals surface area (Å²) in [6.07, 6.45) is 0.196. The van der Waals surface area contributed by atoms with Crippen LogP contribution in [-0.2, 0) is 16.4 Å². The number of rotatable bonds is 7. The Morgan fingerprint density at radius 3 is 2.35 bits per heavy atom. The van der Waals surface area contributed by atoms with E-state index in [1.165, 1.54) is 45.7 Å². The van der Waals surface area contributed by atoms with Crippen LogP contribution in [0.1, 0.15) is 11.4 Å². The quantitative estimate of drug-likeness (QED) is 0.419. The fraction of sp³-hybridized carbons (Fsp3) is 0.250. The Labute approximate surface area is 183 Å². The van der Waals surface area contributed by atoms with E-state index in [4.69, 9.17) is 9.47 Å². The first-order valence-corrected chi connectivity index (χ1v) is 11.5. The van der Waals surface area contributed by atoms with Crippen molar-refractivity contribution in [1.29, 1.82) is 0 Å². The number of benzene rings is 2. The highest BCUT2D eigenvalue weighted by atomic mass is 32.2. The van der Waals surface area contributed by atoms with E-state index < -0.39 is 10.0 Å². The van der Waals surface area contributed by atoms with Crippen molar-refractivity contribution in [2.45, 2.75) is 11.3 Å². The average Bonchev–Trinajstić information content (AvgIpc) is 3.35. The van der Waals surface area contributed by atoms with Gasteiger partial charge in [-0.25, -0.2) is 12.7 Å². The van der Waals surface area contributed by atoms with Crippen LogP contribution >= 0.6 is 11.3 Å². The van der Waals surface area contributed by atoms with Gasteiger partial charge in [0, 0.05) is 32.1 Å². The predicted molar refractivity (Wildman–Crippen MR) is 117 cm³/mol. The van der Waals surface area contributed by atoms with Gasteiger partial charge in [-0.2, -0.15) is 9.61 Å². The molecule has 4 rings (SSSR count). The molecule has 0 aliphatic rings. The zero-order chi connectivity index (χ0) is 22.2. The van der Waals surface area contributed by atoms with Crippen LogP contribution in [0.15, 0.2) is 47.4 Å². The molecular weight excluding hydrogens is 438 g/mol. The summed E-state index contributed by atoms with van der Waals surface area (Å²) < 4.78 is 39.5. The molecule has 2 heterocycles. The molecule has 0 radical (unpaired) electrons. The molecule has 0 fully saturated rings. The van der Waals surface area contributed by atoms with E-state index in [9.17, 15) is 8.42 Å². The van der Waals surface area contributed by atoms with Crippen molar-refractivity contribution in [3.05, 3.63) is 53.9 Å². The molecule has 31 heavy (non-hydrogen) atoms. The first-order valence-electron chi connectivity index (χ1n) is 9.29. The van der Waals surface area contributed by atoms with Crippen LogP contribution < -0.4 is 9.47 Å². The van der Waals surface area contributed by atoms with Gasteiger partial charge in [0.05, 0.1) is 19.1 Å². The lowest BCUT2D eigenvalue weighted by Gasteiger charge is -2.17. The molecule has 9 nitrogen and oxygen atoms in total. The minimum atomic E-state index is -3.74. The van der Waals surface area contributed by atoms with Gasteiger partial charge in [0.1, 0.15) is 5.01 Å². The van der Waals surface area contributed by atoms with Gasteiger partial charge in [-0.3, -0.25) is 0 Å². The standard InChI is InChI=1S/C20H21N5O4S2/c1-24(2)31(26,27)17-12-16(29-4)15(28-3)10-14(17)11-18-21-22-20-25(18)23-19(30-20)13-8-6-5-7-9-13/h5-10,12H,11H2,1-4H3. The van der Waals surface area contributed by atoms with Gasteiger partial charge in [-0.05, 0) is 11.6 Å². The minimum Gasteiger partial charge on any atom is -0.493 e. The first-order chi connectivity index (χ1) is 14.8. The average molecular weight is 460 g/mol. The van der Waals surface area contributed by atoms with Gasteiger partial charge in [0.2, 0.25) is 15.0 Å². The second-order valence-electron chi connectivity index (χ2n) is 6.86. The second-order valence-corrected chi connectivity index (χ2v) is 9.94. The van der Waals surface area contributed by atoms with Crippen LogP contribution in [0.25, 0.3) is 15.5 Å². The van der Waals surface area contributed by atoms with Crippen LogP contribution in [0.5, 0.6) is 11.5 Å². The van der Waals surface area contributed by atoms with E-state index in [2.05, 4.69) is 15.3 Å². The third kappa shape index (κ3) is 3.87. The van der Waals surface area contributed by atoms with Gasteiger partial charge in [0.25, 0.3) is 0 Å². The molecule has 0 saturated carbocycles. The van der Waals surface area contributed by atoms with Crippen molar-refractivity contribution < 1.29 is 17.9 Å². The number of aromatic nitrogens is 4. The zero-order valence-corrected chi connectivity index (χ0v) is 19.1. The number of nitrogens with zero attached hydrogens (tertiary/aromatic N) is 5. The highest BCUT2D eigenvalue weighted by Crippen LogP contribution is 2.35. The molecule has 0 atom stereocenters. The van der Waals surface area contributed by atoms with Crippen molar-refractivity contribution >= 4 is 26.3 Å². The topological polar surface area (TPSA) is 98.9 Å². The third-order valence-electron chi connectivity index (χ3n) is 4.75. The lowest BCUT2D eigenvalue weighted by atomic mass is 10.1. The number of sulfonamides is 1. The molecule has 0 aliphatic heterocycles. The molecular formula is C20H21N5O4S2. The first kappa shape index (κ1) is 21.2. The monoisotopic (exact) mass is 459 g/mol. The number of hydrogen-bond acceptors (Lipinski definition) is 8. The molecule has 0 N–H and O–H groups in total. The molecule has 0 aliphatic carbocycles. The van der Waals surface area contributed by atoms with Crippen LogP contribution in [0.4, 0.5) is 0 Å². The van der Waals surface area contributed by atoms with Crippen molar-refractivity contribution in [2.75, 3.05) is 28.3 Å². The molecule has 0 saturated heterocycles. The number of ether oxygens (including phenoxy) is 2. The van der Waals surface area contributed by atoms with Crippen molar-refractivity contribution in [3.63, 3.8) is 0 Å². The summed E-state index contributed by atoms with van der Waals surface area (Å²) in [7, 11) is 2.20. The summed E-state index contributed by atoms with van der Waals surface area (Å²) in [6.45, 7) is 0. The molecule has 4 aromatic rings. The third-order valence-corrected chi connectivity index (χ3v) is 7.60.